The van der Waals surface area contributed by atoms with Crippen LogP contribution in [0, 0.1) is 18.8 Å². The number of fused-ring (bicyclic) bond motifs is 3. The molecule has 0 saturated carbocycles. The highest BCUT2D eigenvalue weighted by Gasteiger charge is 2.27. The minimum absolute atomic E-state index is 0.0872. The van der Waals surface area contributed by atoms with Gasteiger partial charge in [-0.2, -0.15) is 0 Å². The molecule has 1 aliphatic rings. The first-order chi connectivity index (χ1) is 18.6. The maximum atomic E-state index is 5.68. The molecule has 4 heteroatoms. The SMILES string of the molecule is COc1ccc(CN2CCc3cc(OC)c(OC)cc3-c3ccccc3[C@H]2C#Cc2ccc(C)cc2)cc1. The first-order valence-electron chi connectivity index (χ1n) is 12.9. The van der Waals surface area contributed by atoms with Crippen LogP contribution in [0.3, 0.4) is 0 Å². The fourth-order valence-corrected chi connectivity index (χ4v) is 5.04. The summed E-state index contributed by atoms with van der Waals surface area (Å²) in [4.78, 5) is 2.47. The van der Waals surface area contributed by atoms with Gasteiger partial charge in [-0.3, -0.25) is 4.90 Å². The highest BCUT2D eigenvalue weighted by molar-refractivity contribution is 5.75. The first kappa shape index (κ1) is 25.4. The minimum Gasteiger partial charge on any atom is -0.497 e. The molecular weight excluding hydrogens is 470 g/mol. The molecule has 0 aliphatic carbocycles. The van der Waals surface area contributed by atoms with E-state index in [1.807, 2.05) is 12.1 Å². The third-order valence-electron chi connectivity index (χ3n) is 7.14. The average molecular weight is 504 g/mol. The van der Waals surface area contributed by atoms with Gasteiger partial charge in [0.25, 0.3) is 0 Å². The van der Waals surface area contributed by atoms with Gasteiger partial charge >= 0.3 is 0 Å². The van der Waals surface area contributed by atoms with Crippen molar-refractivity contribution in [2.24, 2.45) is 0 Å². The van der Waals surface area contributed by atoms with Crippen molar-refractivity contribution in [1.29, 1.82) is 0 Å². The second kappa shape index (κ2) is 11.5. The van der Waals surface area contributed by atoms with Gasteiger partial charge in [-0.15, -0.1) is 0 Å². The van der Waals surface area contributed by atoms with E-state index < -0.39 is 0 Å². The van der Waals surface area contributed by atoms with E-state index in [2.05, 4.69) is 96.5 Å². The second-order valence-electron chi connectivity index (χ2n) is 9.56. The van der Waals surface area contributed by atoms with Crippen LogP contribution in [0.25, 0.3) is 11.1 Å². The van der Waals surface area contributed by atoms with Crippen LogP contribution in [0.1, 0.15) is 33.9 Å². The highest BCUT2D eigenvalue weighted by Crippen LogP contribution is 2.41. The number of benzene rings is 4. The monoisotopic (exact) mass is 503 g/mol. The molecule has 1 aliphatic heterocycles. The molecule has 4 aromatic rings. The molecule has 4 aromatic carbocycles. The Morgan fingerprint density at radius 1 is 0.789 bits per heavy atom. The lowest BCUT2D eigenvalue weighted by atomic mass is 9.87. The maximum absolute atomic E-state index is 5.68. The molecule has 192 valence electrons. The summed E-state index contributed by atoms with van der Waals surface area (Å²) in [5.41, 5.74) is 8.24. The summed E-state index contributed by atoms with van der Waals surface area (Å²) in [5.74, 6) is 9.47. The van der Waals surface area contributed by atoms with Crippen LogP contribution in [0.2, 0.25) is 0 Å². The molecule has 38 heavy (non-hydrogen) atoms. The normalized spacial score (nSPS) is 14.7. The second-order valence-corrected chi connectivity index (χ2v) is 9.56. The number of methoxy groups -OCH3 is 3. The van der Waals surface area contributed by atoms with Crippen LogP contribution < -0.4 is 14.2 Å². The fourth-order valence-electron chi connectivity index (χ4n) is 5.04. The van der Waals surface area contributed by atoms with E-state index in [9.17, 15) is 0 Å². The minimum atomic E-state index is -0.0872. The Bertz CT molecular complexity index is 1460. The van der Waals surface area contributed by atoms with Gasteiger partial charge in [-0.05, 0) is 77.6 Å². The number of hydrogen-bond donors (Lipinski definition) is 0. The zero-order valence-corrected chi connectivity index (χ0v) is 22.5. The van der Waals surface area contributed by atoms with Crippen LogP contribution in [-0.2, 0) is 13.0 Å². The quantitative estimate of drug-likeness (QED) is 0.279. The van der Waals surface area contributed by atoms with Crippen molar-refractivity contribution in [2.75, 3.05) is 27.9 Å². The van der Waals surface area contributed by atoms with Crippen LogP contribution in [-0.4, -0.2) is 32.8 Å². The van der Waals surface area contributed by atoms with Crippen molar-refractivity contribution in [1.82, 2.24) is 4.90 Å². The fraction of sp³-hybridized carbons (Fsp3) is 0.235. The zero-order valence-electron chi connectivity index (χ0n) is 22.5. The van der Waals surface area contributed by atoms with E-state index in [1.165, 1.54) is 33.4 Å². The molecule has 0 bridgehead atoms. The molecule has 5 rings (SSSR count). The predicted molar refractivity (Wildman–Crippen MR) is 153 cm³/mol. The van der Waals surface area contributed by atoms with Crippen molar-refractivity contribution in [3.05, 3.63) is 113 Å². The number of hydrogen-bond acceptors (Lipinski definition) is 4. The van der Waals surface area contributed by atoms with Gasteiger partial charge in [0.05, 0.1) is 27.4 Å². The molecule has 1 heterocycles. The molecule has 0 fully saturated rings. The molecule has 0 radical (unpaired) electrons. The van der Waals surface area contributed by atoms with Crippen molar-refractivity contribution < 1.29 is 14.2 Å². The smallest absolute Gasteiger partial charge is 0.161 e. The van der Waals surface area contributed by atoms with Gasteiger partial charge in [-0.1, -0.05) is 65.9 Å². The van der Waals surface area contributed by atoms with Crippen molar-refractivity contribution >= 4 is 0 Å². The van der Waals surface area contributed by atoms with E-state index in [0.29, 0.717) is 0 Å². The van der Waals surface area contributed by atoms with Crippen molar-refractivity contribution in [3.8, 4) is 40.2 Å². The summed E-state index contributed by atoms with van der Waals surface area (Å²) in [7, 11) is 5.07. The largest absolute Gasteiger partial charge is 0.497 e. The molecule has 1 atom stereocenters. The number of nitrogens with zero attached hydrogens (tertiary/aromatic N) is 1. The van der Waals surface area contributed by atoms with Crippen molar-refractivity contribution in [3.63, 3.8) is 0 Å². The van der Waals surface area contributed by atoms with Crippen LogP contribution in [0.4, 0.5) is 0 Å². The summed E-state index contributed by atoms with van der Waals surface area (Å²) >= 11 is 0. The maximum Gasteiger partial charge on any atom is 0.161 e. The lowest BCUT2D eigenvalue weighted by Crippen LogP contribution is -2.31. The molecule has 4 nitrogen and oxygen atoms in total. The van der Waals surface area contributed by atoms with E-state index in [1.54, 1.807) is 21.3 Å². The molecular formula is C34H33NO3. The topological polar surface area (TPSA) is 30.9 Å². The summed E-state index contributed by atoms with van der Waals surface area (Å²) in [6, 6.07) is 29.5. The Morgan fingerprint density at radius 3 is 2.21 bits per heavy atom. The van der Waals surface area contributed by atoms with Gasteiger partial charge in [0.15, 0.2) is 11.5 Å². The Labute approximate surface area is 225 Å². The Balaban J connectivity index is 1.63. The first-order valence-corrected chi connectivity index (χ1v) is 12.9. The lowest BCUT2D eigenvalue weighted by Gasteiger charge is -2.33. The number of rotatable bonds is 5. The van der Waals surface area contributed by atoms with Gasteiger partial charge in [0.1, 0.15) is 5.75 Å². The summed E-state index contributed by atoms with van der Waals surface area (Å²) in [6.45, 7) is 3.71. The Hall–Kier alpha value is -4.20. The Morgan fingerprint density at radius 2 is 1.50 bits per heavy atom. The summed E-state index contributed by atoms with van der Waals surface area (Å²) in [5, 5.41) is 0. The van der Waals surface area contributed by atoms with E-state index in [4.69, 9.17) is 14.2 Å². The van der Waals surface area contributed by atoms with Gasteiger partial charge in [0, 0.05) is 18.7 Å². The van der Waals surface area contributed by atoms with E-state index in [0.717, 1.165) is 42.3 Å². The number of ether oxygens (including phenoxy) is 3. The van der Waals surface area contributed by atoms with Crippen LogP contribution in [0.5, 0.6) is 17.2 Å². The third-order valence-corrected chi connectivity index (χ3v) is 7.14. The lowest BCUT2D eigenvalue weighted by molar-refractivity contribution is 0.230. The average Bonchev–Trinajstić information content (AvgIpc) is 2.96. The number of aryl methyl sites for hydroxylation is 1. The Kier molecular flexibility index (Phi) is 7.67. The van der Waals surface area contributed by atoms with Crippen molar-refractivity contribution in [2.45, 2.75) is 25.9 Å². The highest BCUT2D eigenvalue weighted by atomic mass is 16.5. The molecule has 0 N–H and O–H groups in total. The summed E-state index contributed by atoms with van der Waals surface area (Å²) in [6.07, 6.45) is 0.864. The van der Waals surface area contributed by atoms with E-state index in [-0.39, 0.29) is 6.04 Å². The summed E-state index contributed by atoms with van der Waals surface area (Å²) < 4.78 is 16.7. The van der Waals surface area contributed by atoms with Gasteiger partial charge in [-0.25, -0.2) is 0 Å². The molecule has 0 unspecified atom stereocenters. The molecule has 0 saturated heterocycles. The molecule has 0 amide bonds. The molecule has 0 spiro atoms. The van der Waals surface area contributed by atoms with E-state index >= 15 is 0 Å². The predicted octanol–water partition coefficient (Wildman–Crippen LogP) is 6.84. The van der Waals surface area contributed by atoms with Gasteiger partial charge < -0.3 is 14.2 Å². The zero-order chi connectivity index (χ0) is 26.5. The van der Waals surface area contributed by atoms with Crippen LogP contribution in [0.15, 0.2) is 84.9 Å². The standard InChI is InChI=1S/C34H33NO3/c1-24-9-11-25(12-10-24)15-18-32-30-8-6-5-7-29(30)31-22-34(38-4)33(37-3)21-27(31)19-20-35(32)23-26-13-16-28(36-2)17-14-26/h5-14,16-17,21-22,32H,19-20,23H2,1-4H3/t32-/m1/s1. The third kappa shape index (κ3) is 5.39. The molecule has 0 aromatic heterocycles. The van der Waals surface area contributed by atoms with Gasteiger partial charge in [0.2, 0.25) is 0 Å². The van der Waals surface area contributed by atoms with Crippen LogP contribution >= 0.6 is 0 Å².